The Labute approximate surface area is 154 Å². The van der Waals surface area contributed by atoms with Crippen molar-refractivity contribution in [1.82, 2.24) is 5.32 Å². The van der Waals surface area contributed by atoms with Crippen LogP contribution in [0.15, 0.2) is 54.6 Å². The maximum Gasteiger partial charge on any atom is 0.250 e. The monoisotopic (exact) mass is 354 g/mol. The van der Waals surface area contributed by atoms with Crippen LogP contribution >= 0.6 is 0 Å². The molecule has 2 aromatic carbocycles. The second-order valence-corrected chi connectivity index (χ2v) is 6.40. The zero-order valence-corrected chi connectivity index (χ0v) is 15.3. The lowest BCUT2D eigenvalue weighted by Gasteiger charge is -2.09. The molecule has 0 fully saturated rings. The Morgan fingerprint density at radius 1 is 0.923 bits per heavy atom. The van der Waals surface area contributed by atoms with Gasteiger partial charge in [0.1, 0.15) is 13.2 Å². The van der Waals surface area contributed by atoms with E-state index in [-0.39, 0.29) is 25.0 Å². The van der Waals surface area contributed by atoms with Gasteiger partial charge in [0.15, 0.2) is 0 Å². The molecule has 2 rings (SSSR count). The standard InChI is InChI=1S/C21H26N2O3/c1-16(2)18-8-10-19(11-9-18)23-21(25)15-26-14-20(24)22-13-12-17-6-4-3-5-7-17/h3-11,16H,12-15H2,1-2H3,(H,22,24)(H,23,25). The topological polar surface area (TPSA) is 67.4 Å². The van der Waals surface area contributed by atoms with Crippen molar-refractivity contribution >= 4 is 17.5 Å². The highest BCUT2D eigenvalue weighted by Crippen LogP contribution is 2.16. The van der Waals surface area contributed by atoms with Crippen LogP contribution in [0.3, 0.4) is 0 Å². The Morgan fingerprint density at radius 2 is 1.58 bits per heavy atom. The van der Waals surface area contributed by atoms with Gasteiger partial charge in [-0.1, -0.05) is 56.3 Å². The van der Waals surface area contributed by atoms with Crippen molar-refractivity contribution < 1.29 is 14.3 Å². The number of nitrogens with one attached hydrogen (secondary N) is 2. The van der Waals surface area contributed by atoms with Crippen LogP contribution in [0.25, 0.3) is 0 Å². The van der Waals surface area contributed by atoms with E-state index in [1.807, 2.05) is 54.6 Å². The molecular formula is C21H26N2O3. The molecule has 0 aliphatic carbocycles. The summed E-state index contributed by atoms with van der Waals surface area (Å²) in [5, 5.41) is 5.53. The van der Waals surface area contributed by atoms with Crippen molar-refractivity contribution in [1.29, 1.82) is 0 Å². The number of carbonyl (C=O) groups excluding carboxylic acids is 2. The van der Waals surface area contributed by atoms with E-state index in [0.29, 0.717) is 12.5 Å². The number of benzene rings is 2. The molecule has 0 atom stereocenters. The van der Waals surface area contributed by atoms with Gasteiger partial charge in [-0.2, -0.15) is 0 Å². The molecule has 2 N–H and O–H groups in total. The van der Waals surface area contributed by atoms with Gasteiger partial charge in [-0.3, -0.25) is 9.59 Å². The summed E-state index contributed by atoms with van der Waals surface area (Å²) < 4.78 is 5.17. The first-order valence-electron chi connectivity index (χ1n) is 8.83. The SMILES string of the molecule is CC(C)c1ccc(NC(=O)COCC(=O)NCCc2ccccc2)cc1. The van der Waals surface area contributed by atoms with E-state index in [0.717, 1.165) is 17.7 Å². The fraction of sp³-hybridized carbons (Fsp3) is 0.333. The molecule has 5 heteroatoms. The van der Waals surface area contributed by atoms with Gasteiger partial charge in [-0.15, -0.1) is 0 Å². The molecule has 0 radical (unpaired) electrons. The number of hydrogen-bond donors (Lipinski definition) is 2. The average molecular weight is 354 g/mol. The summed E-state index contributed by atoms with van der Waals surface area (Å²) in [5.74, 6) is -0.0575. The third-order valence-electron chi connectivity index (χ3n) is 3.91. The molecule has 5 nitrogen and oxygen atoms in total. The van der Waals surface area contributed by atoms with Crippen molar-refractivity contribution in [2.45, 2.75) is 26.2 Å². The number of hydrogen-bond acceptors (Lipinski definition) is 3. The minimum absolute atomic E-state index is 0.130. The lowest BCUT2D eigenvalue weighted by atomic mass is 10.0. The van der Waals surface area contributed by atoms with Crippen LogP contribution < -0.4 is 10.6 Å². The summed E-state index contributed by atoms with van der Waals surface area (Å²) in [4.78, 5) is 23.6. The van der Waals surface area contributed by atoms with Gasteiger partial charge in [0.25, 0.3) is 0 Å². The molecule has 26 heavy (non-hydrogen) atoms. The molecule has 0 aliphatic rings. The van der Waals surface area contributed by atoms with Gasteiger partial charge in [0.2, 0.25) is 11.8 Å². The molecule has 0 aliphatic heterocycles. The Balaban J connectivity index is 1.60. The minimum atomic E-state index is -0.278. The van der Waals surface area contributed by atoms with E-state index < -0.39 is 0 Å². The van der Waals surface area contributed by atoms with E-state index in [2.05, 4.69) is 24.5 Å². The molecule has 2 aromatic rings. The largest absolute Gasteiger partial charge is 0.362 e. The highest BCUT2D eigenvalue weighted by molar-refractivity contribution is 5.91. The second-order valence-electron chi connectivity index (χ2n) is 6.40. The zero-order valence-electron chi connectivity index (χ0n) is 15.3. The highest BCUT2D eigenvalue weighted by atomic mass is 16.5. The third-order valence-corrected chi connectivity index (χ3v) is 3.91. The summed E-state index contributed by atoms with van der Waals surface area (Å²) in [7, 11) is 0. The molecular weight excluding hydrogens is 328 g/mol. The van der Waals surface area contributed by atoms with Gasteiger partial charge < -0.3 is 15.4 Å². The number of rotatable bonds is 9. The van der Waals surface area contributed by atoms with Crippen LogP contribution in [-0.2, 0) is 20.7 Å². The van der Waals surface area contributed by atoms with E-state index >= 15 is 0 Å². The van der Waals surface area contributed by atoms with E-state index in [1.165, 1.54) is 5.56 Å². The van der Waals surface area contributed by atoms with Crippen LogP contribution in [0.4, 0.5) is 5.69 Å². The Bertz CT molecular complexity index is 697. The summed E-state index contributed by atoms with van der Waals surface area (Å²) in [6.07, 6.45) is 0.763. The number of amides is 2. The van der Waals surface area contributed by atoms with Crippen molar-refractivity contribution in [3.63, 3.8) is 0 Å². The second kappa shape index (κ2) is 10.4. The van der Waals surface area contributed by atoms with Gasteiger partial charge in [-0.05, 0) is 35.6 Å². The van der Waals surface area contributed by atoms with Crippen molar-refractivity contribution in [3.8, 4) is 0 Å². The number of ether oxygens (including phenoxy) is 1. The molecule has 2 amide bonds. The summed E-state index contributed by atoms with van der Waals surface area (Å²) in [6, 6.07) is 17.6. The Kier molecular flexibility index (Phi) is 7.83. The third kappa shape index (κ3) is 7.07. The summed E-state index contributed by atoms with van der Waals surface area (Å²) in [5.41, 5.74) is 3.10. The summed E-state index contributed by atoms with van der Waals surface area (Å²) in [6.45, 7) is 4.49. The molecule has 0 saturated heterocycles. The lowest BCUT2D eigenvalue weighted by Crippen LogP contribution is -2.31. The normalized spacial score (nSPS) is 10.6. The first-order valence-corrected chi connectivity index (χ1v) is 8.83. The highest BCUT2D eigenvalue weighted by Gasteiger charge is 2.06. The first kappa shape index (κ1) is 19.7. The Hall–Kier alpha value is -2.66. The summed E-state index contributed by atoms with van der Waals surface area (Å²) >= 11 is 0. The van der Waals surface area contributed by atoms with Crippen LogP contribution in [0.2, 0.25) is 0 Å². The van der Waals surface area contributed by atoms with Crippen LogP contribution in [0, 0.1) is 0 Å². The fourth-order valence-electron chi connectivity index (χ4n) is 2.43. The molecule has 0 saturated carbocycles. The number of carbonyl (C=O) groups is 2. The van der Waals surface area contributed by atoms with Gasteiger partial charge >= 0.3 is 0 Å². The zero-order chi connectivity index (χ0) is 18.8. The average Bonchev–Trinajstić information content (AvgIpc) is 2.63. The van der Waals surface area contributed by atoms with Gasteiger partial charge in [0.05, 0.1) is 0 Å². The Morgan fingerprint density at radius 3 is 2.23 bits per heavy atom. The van der Waals surface area contributed by atoms with Crippen LogP contribution in [0.1, 0.15) is 30.9 Å². The van der Waals surface area contributed by atoms with Crippen molar-refractivity contribution in [2.75, 3.05) is 25.1 Å². The van der Waals surface area contributed by atoms with Gasteiger partial charge in [-0.25, -0.2) is 0 Å². The van der Waals surface area contributed by atoms with Crippen LogP contribution in [0.5, 0.6) is 0 Å². The lowest BCUT2D eigenvalue weighted by molar-refractivity contribution is -0.128. The molecule has 0 spiro atoms. The smallest absolute Gasteiger partial charge is 0.250 e. The molecule has 138 valence electrons. The number of anilines is 1. The molecule has 0 bridgehead atoms. The molecule has 0 aromatic heterocycles. The molecule has 0 heterocycles. The maximum absolute atomic E-state index is 11.8. The van der Waals surface area contributed by atoms with Crippen molar-refractivity contribution in [3.05, 3.63) is 65.7 Å². The van der Waals surface area contributed by atoms with E-state index in [9.17, 15) is 9.59 Å². The maximum atomic E-state index is 11.8. The molecule has 0 unspecified atom stereocenters. The van der Waals surface area contributed by atoms with E-state index in [1.54, 1.807) is 0 Å². The first-order chi connectivity index (χ1) is 12.5. The van der Waals surface area contributed by atoms with Crippen molar-refractivity contribution in [2.24, 2.45) is 0 Å². The predicted octanol–water partition coefficient (Wildman–Crippen LogP) is 3.12. The van der Waals surface area contributed by atoms with E-state index in [4.69, 9.17) is 4.74 Å². The predicted molar refractivity (Wildman–Crippen MR) is 103 cm³/mol. The fourth-order valence-corrected chi connectivity index (χ4v) is 2.43. The van der Waals surface area contributed by atoms with Gasteiger partial charge in [0, 0.05) is 12.2 Å². The quantitative estimate of drug-likeness (QED) is 0.727. The van der Waals surface area contributed by atoms with Crippen LogP contribution in [-0.4, -0.2) is 31.6 Å². The minimum Gasteiger partial charge on any atom is -0.362 e.